The number of rotatable bonds is 12. The van der Waals surface area contributed by atoms with E-state index in [1.54, 1.807) is 30.4 Å². The number of carbonyl (C=O) groups excluding carboxylic acids is 2. The lowest BCUT2D eigenvalue weighted by Crippen LogP contribution is -2.37. The van der Waals surface area contributed by atoms with Crippen molar-refractivity contribution in [2.75, 3.05) is 32.9 Å². The summed E-state index contributed by atoms with van der Waals surface area (Å²) in [5, 5.41) is 4.35. The Kier molecular flexibility index (Phi) is 11.6. The van der Waals surface area contributed by atoms with E-state index in [0.717, 1.165) is 4.47 Å². The van der Waals surface area contributed by atoms with Crippen molar-refractivity contribution in [2.45, 2.75) is 32.2 Å². The van der Waals surface area contributed by atoms with Crippen LogP contribution in [0.3, 0.4) is 0 Å². The molecule has 164 valence electrons. The van der Waals surface area contributed by atoms with E-state index in [-0.39, 0.29) is 32.8 Å². The Morgan fingerprint density at radius 2 is 1.66 bits per heavy atom. The van der Waals surface area contributed by atoms with Crippen LogP contribution in [0.25, 0.3) is 0 Å². The normalized spacial score (nSPS) is 12.3. The van der Waals surface area contributed by atoms with Crippen molar-refractivity contribution in [3.8, 4) is 0 Å². The predicted octanol–water partition coefficient (Wildman–Crippen LogP) is 3.69. The first kappa shape index (κ1) is 25.2. The van der Waals surface area contributed by atoms with Gasteiger partial charge in [-0.2, -0.15) is 13.2 Å². The van der Waals surface area contributed by atoms with Crippen molar-refractivity contribution in [3.63, 3.8) is 0 Å². The molecule has 1 unspecified atom stereocenters. The van der Waals surface area contributed by atoms with E-state index in [4.69, 9.17) is 14.2 Å². The molecule has 0 aliphatic rings. The minimum absolute atomic E-state index is 0.0746. The van der Waals surface area contributed by atoms with Crippen LogP contribution in [-0.2, 0) is 19.0 Å². The van der Waals surface area contributed by atoms with Crippen molar-refractivity contribution in [1.29, 1.82) is 0 Å². The molecule has 0 saturated carbocycles. The zero-order valence-electron chi connectivity index (χ0n) is 15.9. The number of halogens is 4. The quantitative estimate of drug-likeness (QED) is 0.349. The first-order chi connectivity index (χ1) is 13.8. The van der Waals surface area contributed by atoms with Gasteiger partial charge >= 0.3 is 18.2 Å². The first-order valence-corrected chi connectivity index (χ1v) is 9.78. The Bertz CT molecular complexity index is 646. The molecule has 0 aliphatic carbocycles. The Labute approximate surface area is 175 Å². The summed E-state index contributed by atoms with van der Waals surface area (Å²) in [7, 11) is 0. The second-order valence-corrected chi connectivity index (χ2v) is 6.56. The highest BCUT2D eigenvalue weighted by atomic mass is 79.9. The molecule has 0 aromatic heterocycles. The van der Waals surface area contributed by atoms with Gasteiger partial charge in [0.15, 0.2) is 6.29 Å². The maximum absolute atomic E-state index is 12.1. The minimum Gasteiger partial charge on any atom is -0.450 e. The van der Waals surface area contributed by atoms with E-state index in [1.807, 2.05) is 6.07 Å². The van der Waals surface area contributed by atoms with Gasteiger partial charge in [-0.05, 0) is 25.8 Å². The van der Waals surface area contributed by atoms with Gasteiger partial charge in [0.05, 0.1) is 19.8 Å². The van der Waals surface area contributed by atoms with Gasteiger partial charge in [-0.15, -0.1) is 0 Å². The molecule has 0 aliphatic heterocycles. The highest BCUT2D eigenvalue weighted by Crippen LogP contribution is 2.27. The standard InChI is InChI=1S/C18H24BrF3N2O5/c1-2-27-17(26)24-10-6-12-29-15(13-7-3-4-8-14(13)19)28-11-5-9-23-16(25)18(20,21)22/h3-4,7-8,15H,2,5-6,9-12H2,1H3,(H,23,25)(H,24,26). The van der Waals surface area contributed by atoms with E-state index in [0.29, 0.717) is 18.5 Å². The van der Waals surface area contributed by atoms with E-state index in [9.17, 15) is 22.8 Å². The molecule has 2 N–H and O–H groups in total. The lowest BCUT2D eigenvalue weighted by Gasteiger charge is -2.20. The number of amides is 2. The Morgan fingerprint density at radius 3 is 2.21 bits per heavy atom. The summed E-state index contributed by atoms with van der Waals surface area (Å²) >= 11 is 3.40. The van der Waals surface area contributed by atoms with Crippen LogP contribution in [0.1, 0.15) is 31.6 Å². The fraction of sp³-hybridized carbons (Fsp3) is 0.556. The summed E-state index contributed by atoms with van der Waals surface area (Å²) in [6.07, 6.45) is -5.49. The molecular weight excluding hydrogens is 461 g/mol. The summed E-state index contributed by atoms with van der Waals surface area (Å²) in [6, 6.07) is 7.21. The maximum Gasteiger partial charge on any atom is 0.471 e. The lowest BCUT2D eigenvalue weighted by atomic mass is 10.2. The summed E-state index contributed by atoms with van der Waals surface area (Å²) in [5.74, 6) is -1.98. The predicted molar refractivity (Wildman–Crippen MR) is 102 cm³/mol. The van der Waals surface area contributed by atoms with Crippen molar-refractivity contribution in [3.05, 3.63) is 34.3 Å². The number of alkyl halides is 3. The van der Waals surface area contributed by atoms with Crippen molar-refractivity contribution >= 4 is 27.9 Å². The SMILES string of the molecule is CCOC(=O)NCCCOC(OCCCNC(=O)C(F)(F)F)c1ccccc1Br. The number of benzene rings is 1. The van der Waals surface area contributed by atoms with Crippen LogP contribution < -0.4 is 10.6 Å². The number of carbonyl (C=O) groups is 2. The molecule has 11 heteroatoms. The number of ether oxygens (including phenoxy) is 3. The van der Waals surface area contributed by atoms with Crippen LogP contribution in [-0.4, -0.2) is 51.1 Å². The molecular formula is C18H24BrF3N2O5. The zero-order valence-corrected chi connectivity index (χ0v) is 17.5. The summed E-state index contributed by atoms with van der Waals surface area (Å²) in [5.41, 5.74) is 0.713. The monoisotopic (exact) mass is 484 g/mol. The van der Waals surface area contributed by atoms with E-state index < -0.39 is 24.5 Å². The fourth-order valence-electron chi connectivity index (χ4n) is 2.09. The fourth-order valence-corrected chi connectivity index (χ4v) is 2.57. The minimum atomic E-state index is -4.90. The smallest absolute Gasteiger partial charge is 0.450 e. The molecule has 1 rings (SSSR count). The molecule has 0 radical (unpaired) electrons. The highest BCUT2D eigenvalue weighted by molar-refractivity contribution is 9.10. The third-order valence-electron chi connectivity index (χ3n) is 3.43. The van der Waals surface area contributed by atoms with Crippen molar-refractivity contribution in [1.82, 2.24) is 10.6 Å². The van der Waals surface area contributed by atoms with E-state index in [2.05, 4.69) is 21.2 Å². The third-order valence-corrected chi connectivity index (χ3v) is 4.15. The maximum atomic E-state index is 12.1. The van der Waals surface area contributed by atoms with Gasteiger partial charge in [-0.25, -0.2) is 4.79 Å². The lowest BCUT2D eigenvalue weighted by molar-refractivity contribution is -0.173. The Balaban J connectivity index is 2.44. The molecule has 1 atom stereocenters. The summed E-state index contributed by atoms with van der Waals surface area (Å²) < 4.78 is 53.3. The molecule has 7 nitrogen and oxygen atoms in total. The van der Waals surface area contributed by atoms with Gasteiger partial charge in [0.2, 0.25) is 0 Å². The van der Waals surface area contributed by atoms with Gasteiger partial charge in [-0.1, -0.05) is 34.1 Å². The van der Waals surface area contributed by atoms with E-state index in [1.165, 1.54) is 0 Å². The van der Waals surface area contributed by atoms with Crippen LogP contribution in [0.5, 0.6) is 0 Å². The number of nitrogens with one attached hydrogen (secondary N) is 2. The zero-order chi connectivity index (χ0) is 21.7. The number of alkyl carbamates (subject to hydrolysis) is 1. The second-order valence-electron chi connectivity index (χ2n) is 5.70. The van der Waals surface area contributed by atoms with Gasteiger partial charge in [0.25, 0.3) is 0 Å². The van der Waals surface area contributed by atoms with Gasteiger partial charge in [0, 0.05) is 23.1 Å². The van der Waals surface area contributed by atoms with E-state index >= 15 is 0 Å². The molecule has 0 bridgehead atoms. The van der Waals surface area contributed by atoms with Crippen LogP contribution in [0, 0.1) is 0 Å². The molecule has 1 aromatic carbocycles. The molecule has 0 heterocycles. The Hall–Kier alpha value is -1.85. The first-order valence-electron chi connectivity index (χ1n) is 8.99. The van der Waals surface area contributed by atoms with Crippen LogP contribution in [0.15, 0.2) is 28.7 Å². The van der Waals surface area contributed by atoms with Crippen LogP contribution >= 0.6 is 15.9 Å². The largest absolute Gasteiger partial charge is 0.471 e. The average molecular weight is 485 g/mol. The van der Waals surface area contributed by atoms with Crippen LogP contribution in [0.4, 0.5) is 18.0 Å². The van der Waals surface area contributed by atoms with Crippen molar-refractivity contribution < 1.29 is 37.0 Å². The average Bonchev–Trinajstić information content (AvgIpc) is 2.65. The topological polar surface area (TPSA) is 85.9 Å². The van der Waals surface area contributed by atoms with Gasteiger partial charge in [-0.3, -0.25) is 4.79 Å². The number of hydrogen-bond acceptors (Lipinski definition) is 5. The second kappa shape index (κ2) is 13.4. The molecule has 0 fully saturated rings. The molecule has 1 aromatic rings. The summed E-state index contributed by atoms with van der Waals surface area (Å²) in [4.78, 5) is 22.0. The molecule has 0 saturated heterocycles. The molecule has 0 spiro atoms. The Morgan fingerprint density at radius 1 is 1.07 bits per heavy atom. The summed E-state index contributed by atoms with van der Waals surface area (Å²) in [6.45, 7) is 2.50. The van der Waals surface area contributed by atoms with Gasteiger partial charge < -0.3 is 24.8 Å². The van der Waals surface area contributed by atoms with Crippen LogP contribution in [0.2, 0.25) is 0 Å². The van der Waals surface area contributed by atoms with Gasteiger partial charge in [0.1, 0.15) is 0 Å². The number of hydrogen-bond donors (Lipinski definition) is 2. The highest BCUT2D eigenvalue weighted by Gasteiger charge is 2.38. The molecule has 29 heavy (non-hydrogen) atoms. The third kappa shape index (κ3) is 10.5. The molecule has 2 amide bonds. The van der Waals surface area contributed by atoms with Crippen molar-refractivity contribution in [2.24, 2.45) is 0 Å².